The number of amides is 2. The number of hydrogen-bond donors (Lipinski definition) is 1. The van der Waals surface area contributed by atoms with Gasteiger partial charge in [-0.3, -0.25) is 9.59 Å². The van der Waals surface area contributed by atoms with Gasteiger partial charge in [0.15, 0.2) is 0 Å². The van der Waals surface area contributed by atoms with E-state index in [2.05, 4.69) is 12.2 Å². The molecule has 0 aromatic carbocycles. The number of hydrogen-bond acceptors (Lipinski definition) is 5. The fourth-order valence-corrected chi connectivity index (χ4v) is 4.55. The summed E-state index contributed by atoms with van der Waals surface area (Å²) in [6.45, 7) is 5.63. The summed E-state index contributed by atoms with van der Waals surface area (Å²) in [6.07, 6.45) is 2.92. The van der Waals surface area contributed by atoms with E-state index in [0.717, 1.165) is 24.8 Å². The Hall–Kier alpha value is -1.44. The number of fused-ring (bicyclic) bond motifs is 1. The molecule has 0 unspecified atom stereocenters. The van der Waals surface area contributed by atoms with Crippen LogP contribution in [0.25, 0.3) is 0 Å². The molecule has 2 amide bonds. The molecule has 1 aromatic heterocycles. The van der Waals surface area contributed by atoms with Crippen LogP contribution in [0.15, 0.2) is 0 Å². The lowest BCUT2D eigenvalue weighted by molar-refractivity contribution is -0.114. The number of carbonyl (C=O) groups is 2. The van der Waals surface area contributed by atoms with Crippen LogP contribution in [0.1, 0.15) is 41.1 Å². The second-order valence-electron chi connectivity index (χ2n) is 6.51. The van der Waals surface area contributed by atoms with Crippen LogP contribution < -0.4 is 5.32 Å². The highest BCUT2D eigenvalue weighted by molar-refractivity contribution is 7.17. The van der Waals surface area contributed by atoms with Crippen LogP contribution in [0.2, 0.25) is 0 Å². The second-order valence-corrected chi connectivity index (χ2v) is 7.62. The van der Waals surface area contributed by atoms with Gasteiger partial charge in [0.05, 0.1) is 18.8 Å². The maximum absolute atomic E-state index is 13.2. The lowest BCUT2D eigenvalue weighted by Gasteiger charge is -2.24. The maximum Gasteiger partial charge on any atom is 0.257 e. The minimum atomic E-state index is -0.152. The van der Waals surface area contributed by atoms with Crippen molar-refractivity contribution in [2.45, 2.75) is 33.1 Å². The van der Waals surface area contributed by atoms with Gasteiger partial charge in [0.2, 0.25) is 5.91 Å². The molecule has 1 heterocycles. The van der Waals surface area contributed by atoms with Gasteiger partial charge in [-0.05, 0) is 30.7 Å². The molecular formula is C18H28N2O4S. The van der Waals surface area contributed by atoms with Gasteiger partial charge in [-0.25, -0.2) is 0 Å². The summed E-state index contributed by atoms with van der Waals surface area (Å²) >= 11 is 1.55. The summed E-state index contributed by atoms with van der Waals surface area (Å²) in [4.78, 5) is 27.8. The van der Waals surface area contributed by atoms with Gasteiger partial charge >= 0.3 is 0 Å². The average Bonchev–Trinajstić information content (AvgIpc) is 2.90. The maximum atomic E-state index is 13.2. The summed E-state index contributed by atoms with van der Waals surface area (Å²) in [7, 11) is 3.24. The lowest BCUT2D eigenvalue weighted by Crippen LogP contribution is -2.37. The third kappa shape index (κ3) is 5.03. The van der Waals surface area contributed by atoms with Crippen LogP contribution in [-0.4, -0.2) is 57.2 Å². The number of rotatable bonds is 8. The summed E-state index contributed by atoms with van der Waals surface area (Å²) in [6, 6.07) is 0. The summed E-state index contributed by atoms with van der Waals surface area (Å²) < 4.78 is 10.3. The number of methoxy groups -OCH3 is 2. The van der Waals surface area contributed by atoms with Crippen LogP contribution >= 0.6 is 11.3 Å². The molecule has 1 aromatic rings. The van der Waals surface area contributed by atoms with E-state index in [-0.39, 0.29) is 11.8 Å². The molecule has 7 heteroatoms. The SMILES string of the molecule is COCCN(CCOC)C(=O)c1c(NC(C)=O)sc2c1CC[C@@H](C)C2. The largest absolute Gasteiger partial charge is 0.383 e. The Balaban J connectivity index is 2.35. The number of anilines is 1. The molecule has 0 aliphatic heterocycles. The molecule has 1 aliphatic rings. The molecule has 140 valence electrons. The van der Waals surface area contributed by atoms with E-state index in [1.165, 1.54) is 11.8 Å². The second kappa shape index (κ2) is 9.31. The van der Waals surface area contributed by atoms with Gasteiger partial charge in [-0.2, -0.15) is 0 Å². The Morgan fingerprint density at radius 1 is 1.24 bits per heavy atom. The average molecular weight is 368 g/mol. The molecule has 6 nitrogen and oxygen atoms in total. The molecule has 0 saturated heterocycles. The number of carbonyl (C=O) groups excluding carboxylic acids is 2. The Morgan fingerprint density at radius 2 is 1.88 bits per heavy atom. The third-order valence-electron chi connectivity index (χ3n) is 4.43. The Kier molecular flexibility index (Phi) is 7.40. The van der Waals surface area contributed by atoms with Gasteiger partial charge in [-0.1, -0.05) is 6.92 Å². The fraction of sp³-hybridized carbons (Fsp3) is 0.667. The number of thiophene rings is 1. The van der Waals surface area contributed by atoms with Crippen LogP contribution in [0, 0.1) is 5.92 Å². The van der Waals surface area contributed by atoms with Crippen molar-refractivity contribution in [3.05, 3.63) is 16.0 Å². The molecule has 25 heavy (non-hydrogen) atoms. The first-order valence-corrected chi connectivity index (χ1v) is 9.48. The number of nitrogens with zero attached hydrogens (tertiary/aromatic N) is 1. The molecule has 0 radical (unpaired) electrons. The summed E-state index contributed by atoms with van der Waals surface area (Å²) in [5, 5.41) is 3.54. The molecular weight excluding hydrogens is 340 g/mol. The lowest BCUT2D eigenvalue weighted by atomic mass is 9.88. The van der Waals surface area contributed by atoms with Gasteiger partial charge in [0.1, 0.15) is 5.00 Å². The van der Waals surface area contributed by atoms with Crippen molar-refractivity contribution in [2.24, 2.45) is 5.92 Å². The molecule has 0 bridgehead atoms. The Bertz CT molecular complexity index is 606. The van der Waals surface area contributed by atoms with E-state index in [4.69, 9.17) is 9.47 Å². The van der Waals surface area contributed by atoms with Crippen molar-refractivity contribution < 1.29 is 19.1 Å². The third-order valence-corrected chi connectivity index (χ3v) is 5.60. The van der Waals surface area contributed by atoms with Crippen LogP contribution in [-0.2, 0) is 27.1 Å². The highest BCUT2D eigenvalue weighted by Gasteiger charge is 2.30. The Labute approximate surface area is 153 Å². The predicted molar refractivity (Wildman–Crippen MR) is 99.5 cm³/mol. The predicted octanol–water partition coefficient (Wildman–Crippen LogP) is 2.57. The van der Waals surface area contributed by atoms with Crippen molar-refractivity contribution in [1.82, 2.24) is 4.90 Å². The fourth-order valence-electron chi connectivity index (χ4n) is 3.10. The molecule has 1 N–H and O–H groups in total. The Morgan fingerprint density at radius 3 is 2.44 bits per heavy atom. The van der Waals surface area contributed by atoms with E-state index >= 15 is 0 Å². The summed E-state index contributed by atoms with van der Waals surface area (Å²) in [5.74, 6) is 0.406. The van der Waals surface area contributed by atoms with Crippen LogP contribution in [0.3, 0.4) is 0 Å². The molecule has 2 rings (SSSR count). The highest BCUT2D eigenvalue weighted by atomic mass is 32.1. The van der Waals surface area contributed by atoms with Crippen molar-refractivity contribution in [1.29, 1.82) is 0 Å². The zero-order valence-electron chi connectivity index (χ0n) is 15.5. The van der Waals surface area contributed by atoms with E-state index < -0.39 is 0 Å². The van der Waals surface area contributed by atoms with E-state index in [9.17, 15) is 9.59 Å². The first kappa shape index (κ1) is 19.9. The van der Waals surface area contributed by atoms with Crippen molar-refractivity contribution in [3.8, 4) is 0 Å². The topological polar surface area (TPSA) is 67.9 Å². The minimum absolute atomic E-state index is 0.0510. The molecule has 0 fully saturated rings. The van der Waals surface area contributed by atoms with Crippen molar-refractivity contribution >= 4 is 28.2 Å². The molecule has 0 saturated carbocycles. The number of nitrogens with one attached hydrogen (secondary N) is 1. The quantitative estimate of drug-likeness (QED) is 0.766. The van der Waals surface area contributed by atoms with E-state index in [0.29, 0.717) is 42.8 Å². The smallest absolute Gasteiger partial charge is 0.257 e. The normalized spacial score (nSPS) is 16.4. The van der Waals surface area contributed by atoms with Gasteiger partial charge in [0.25, 0.3) is 5.91 Å². The standard InChI is InChI=1S/C18H28N2O4S/c1-12-5-6-14-15(11-12)25-17(19-13(2)21)16(14)18(22)20(7-9-23-3)8-10-24-4/h12H,5-11H2,1-4H3,(H,19,21)/t12-/m1/s1. The van der Waals surface area contributed by atoms with Crippen molar-refractivity contribution in [3.63, 3.8) is 0 Å². The van der Waals surface area contributed by atoms with Gasteiger partial charge in [0, 0.05) is 39.1 Å². The zero-order valence-corrected chi connectivity index (χ0v) is 16.3. The molecule has 1 aliphatic carbocycles. The van der Waals surface area contributed by atoms with Crippen molar-refractivity contribution in [2.75, 3.05) is 45.8 Å². The van der Waals surface area contributed by atoms with Crippen LogP contribution in [0.4, 0.5) is 5.00 Å². The first-order valence-electron chi connectivity index (χ1n) is 8.67. The molecule has 1 atom stereocenters. The number of ether oxygens (including phenoxy) is 2. The zero-order chi connectivity index (χ0) is 18.4. The summed E-state index contributed by atoms with van der Waals surface area (Å²) in [5.41, 5.74) is 1.77. The first-order chi connectivity index (χ1) is 12.0. The molecule has 0 spiro atoms. The monoisotopic (exact) mass is 368 g/mol. The minimum Gasteiger partial charge on any atom is -0.383 e. The van der Waals surface area contributed by atoms with E-state index in [1.807, 2.05) is 0 Å². The van der Waals surface area contributed by atoms with Gasteiger partial charge < -0.3 is 19.7 Å². The van der Waals surface area contributed by atoms with E-state index in [1.54, 1.807) is 30.5 Å². The highest BCUT2D eigenvalue weighted by Crippen LogP contribution is 2.40. The van der Waals surface area contributed by atoms with Crippen LogP contribution in [0.5, 0.6) is 0 Å². The van der Waals surface area contributed by atoms with Gasteiger partial charge in [-0.15, -0.1) is 11.3 Å².